The van der Waals surface area contributed by atoms with Gasteiger partial charge in [-0.05, 0) is 43.9 Å². The first kappa shape index (κ1) is 12.6. The molecule has 2 heterocycles. The van der Waals surface area contributed by atoms with Gasteiger partial charge in [0.25, 0.3) is 0 Å². The van der Waals surface area contributed by atoms with E-state index in [1.807, 2.05) is 0 Å². The average molecular weight is 263 g/mol. The summed E-state index contributed by atoms with van der Waals surface area (Å²) < 4.78 is 0. The van der Waals surface area contributed by atoms with Crippen molar-refractivity contribution < 1.29 is 0 Å². The predicted molar refractivity (Wildman–Crippen MR) is 78.9 cm³/mol. The molecule has 0 aliphatic carbocycles. The summed E-state index contributed by atoms with van der Waals surface area (Å²) in [7, 11) is 4.23. The molecule has 3 heteroatoms. The maximum Gasteiger partial charge on any atom is 0.0354 e. The van der Waals surface area contributed by atoms with Crippen LogP contribution in [0, 0.1) is 0 Å². The minimum Gasteiger partial charge on any atom is -0.303 e. The third kappa shape index (κ3) is 3.06. The van der Waals surface area contributed by atoms with Crippen LogP contribution in [0.1, 0.15) is 16.7 Å². The van der Waals surface area contributed by atoms with Crippen LogP contribution in [0.2, 0.25) is 0 Å². The van der Waals surface area contributed by atoms with Gasteiger partial charge < -0.3 is 4.90 Å². The number of hydrogen-bond acceptors (Lipinski definition) is 3. The Balaban J connectivity index is 2.38. The molecule has 0 bridgehead atoms. The number of thiophene rings is 2. The van der Waals surface area contributed by atoms with Crippen LogP contribution in [0.3, 0.4) is 0 Å². The van der Waals surface area contributed by atoms with Gasteiger partial charge in [-0.15, -0.1) is 22.7 Å². The van der Waals surface area contributed by atoms with Crippen molar-refractivity contribution >= 4 is 28.2 Å². The Morgan fingerprint density at radius 1 is 1.12 bits per heavy atom. The minimum absolute atomic E-state index is 0.439. The van der Waals surface area contributed by atoms with Crippen molar-refractivity contribution in [1.82, 2.24) is 4.90 Å². The molecule has 0 spiro atoms. The molecule has 0 aliphatic rings. The van der Waals surface area contributed by atoms with E-state index < -0.39 is 0 Å². The highest BCUT2D eigenvalue weighted by atomic mass is 32.1. The fourth-order valence-corrected chi connectivity index (χ4v) is 3.14. The van der Waals surface area contributed by atoms with Crippen LogP contribution in [0.25, 0.3) is 5.57 Å². The van der Waals surface area contributed by atoms with Crippen LogP contribution in [-0.2, 0) is 0 Å². The summed E-state index contributed by atoms with van der Waals surface area (Å²) in [5.74, 6) is 0. The average Bonchev–Trinajstić information content (AvgIpc) is 2.98. The molecule has 2 aromatic rings. The first-order chi connectivity index (χ1) is 8.18. The molecule has 0 fully saturated rings. The lowest BCUT2D eigenvalue weighted by atomic mass is 10.1. The quantitative estimate of drug-likeness (QED) is 0.799. The zero-order chi connectivity index (χ0) is 12.3. The van der Waals surface area contributed by atoms with Crippen molar-refractivity contribution in [2.75, 3.05) is 14.1 Å². The van der Waals surface area contributed by atoms with Crippen molar-refractivity contribution in [3.8, 4) is 0 Å². The lowest BCUT2D eigenvalue weighted by molar-refractivity contribution is 0.364. The summed E-state index contributed by atoms with van der Waals surface area (Å²) in [4.78, 5) is 4.92. The highest BCUT2D eigenvalue weighted by Gasteiger charge is 2.10. The van der Waals surface area contributed by atoms with E-state index in [1.54, 1.807) is 22.7 Å². The van der Waals surface area contributed by atoms with E-state index in [1.165, 1.54) is 15.3 Å². The first-order valence-corrected chi connectivity index (χ1v) is 7.40. The lowest BCUT2D eigenvalue weighted by Crippen LogP contribution is -2.22. The highest BCUT2D eigenvalue weighted by Crippen LogP contribution is 2.30. The standard InChI is InChI=1S/C14H17NS2/c1-11(15(2)3)10-12(13-6-4-8-16-13)14-7-5-9-17-14/h4-11H,1-3H3/t11-/m1/s1. The van der Waals surface area contributed by atoms with Gasteiger partial charge in [0, 0.05) is 21.4 Å². The zero-order valence-corrected chi connectivity index (χ0v) is 12.0. The second-order valence-electron chi connectivity index (χ2n) is 4.24. The maximum atomic E-state index is 2.34. The van der Waals surface area contributed by atoms with Gasteiger partial charge >= 0.3 is 0 Å². The minimum atomic E-state index is 0.439. The maximum absolute atomic E-state index is 2.34. The van der Waals surface area contributed by atoms with Gasteiger partial charge in [0.15, 0.2) is 0 Å². The fraction of sp³-hybridized carbons (Fsp3) is 0.286. The molecule has 0 unspecified atom stereocenters. The molecule has 0 aromatic carbocycles. The molecule has 2 rings (SSSR count). The number of nitrogens with zero attached hydrogens (tertiary/aromatic N) is 1. The largest absolute Gasteiger partial charge is 0.303 e. The normalized spacial score (nSPS) is 12.7. The molecule has 90 valence electrons. The molecule has 0 saturated carbocycles. The topological polar surface area (TPSA) is 3.24 Å². The van der Waals surface area contributed by atoms with Gasteiger partial charge in [-0.1, -0.05) is 18.2 Å². The molecule has 0 radical (unpaired) electrons. The number of likely N-dealkylation sites (N-methyl/N-ethyl adjacent to an activating group) is 1. The smallest absolute Gasteiger partial charge is 0.0354 e. The van der Waals surface area contributed by atoms with Crippen LogP contribution < -0.4 is 0 Å². The Bertz CT molecular complexity index is 430. The van der Waals surface area contributed by atoms with Gasteiger partial charge in [0.1, 0.15) is 0 Å². The number of hydrogen-bond donors (Lipinski definition) is 0. The summed E-state index contributed by atoms with van der Waals surface area (Å²) in [6, 6.07) is 9.05. The van der Waals surface area contributed by atoms with Crippen molar-refractivity contribution in [2.45, 2.75) is 13.0 Å². The second kappa shape index (κ2) is 5.63. The summed E-state index contributed by atoms with van der Waals surface area (Å²) in [5, 5.41) is 4.27. The van der Waals surface area contributed by atoms with Crippen LogP contribution in [0.15, 0.2) is 41.1 Å². The first-order valence-electron chi connectivity index (χ1n) is 5.64. The second-order valence-corrected chi connectivity index (χ2v) is 6.13. The van der Waals surface area contributed by atoms with Crippen LogP contribution in [0.5, 0.6) is 0 Å². The predicted octanol–water partition coefficient (Wildman–Crippen LogP) is 4.19. The SMILES string of the molecule is C[C@H](C=C(c1cccs1)c1cccs1)N(C)C. The monoisotopic (exact) mass is 263 g/mol. The molecular weight excluding hydrogens is 246 g/mol. The van der Waals surface area contributed by atoms with Crippen molar-refractivity contribution in [1.29, 1.82) is 0 Å². The molecule has 0 amide bonds. The molecule has 0 aliphatic heterocycles. The van der Waals surface area contributed by atoms with E-state index in [4.69, 9.17) is 0 Å². The molecular formula is C14H17NS2. The van der Waals surface area contributed by atoms with Crippen LogP contribution in [-0.4, -0.2) is 25.0 Å². The third-order valence-electron chi connectivity index (χ3n) is 2.80. The Morgan fingerprint density at radius 2 is 1.65 bits per heavy atom. The Hall–Kier alpha value is -0.900. The fourth-order valence-electron chi connectivity index (χ4n) is 1.54. The van der Waals surface area contributed by atoms with E-state index in [-0.39, 0.29) is 0 Å². The van der Waals surface area contributed by atoms with E-state index in [2.05, 4.69) is 67.0 Å². The molecule has 2 aromatic heterocycles. The molecule has 0 saturated heterocycles. The van der Waals surface area contributed by atoms with E-state index in [0.29, 0.717) is 6.04 Å². The molecule has 0 N–H and O–H groups in total. The Kier molecular flexibility index (Phi) is 4.15. The van der Waals surface area contributed by atoms with E-state index in [0.717, 1.165) is 0 Å². The van der Waals surface area contributed by atoms with Gasteiger partial charge in [0.2, 0.25) is 0 Å². The van der Waals surface area contributed by atoms with E-state index >= 15 is 0 Å². The lowest BCUT2D eigenvalue weighted by Gasteiger charge is -2.17. The van der Waals surface area contributed by atoms with Gasteiger partial charge in [-0.25, -0.2) is 0 Å². The molecule has 17 heavy (non-hydrogen) atoms. The van der Waals surface area contributed by atoms with Crippen LogP contribution >= 0.6 is 22.7 Å². The summed E-state index contributed by atoms with van der Waals surface area (Å²) in [6.07, 6.45) is 2.34. The van der Waals surface area contributed by atoms with Crippen molar-refractivity contribution in [2.24, 2.45) is 0 Å². The summed E-state index contributed by atoms with van der Waals surface area (Å²) >= 11 is 3.61. The molecule has 1 atom stereocenters. The van der Waals surface area contributed by atoms with Crippen molar-refractivity contribution in [3.05, 3.63) is 50.9 Å². The van der Waals surface area contributed by atoms with Gasteiger partial charge in [-0.3, -0.25) is 0 Å². The Labute approximate surface area is 111 Å². The van der Waals surface area contributed by atoms with Gasteiger partial charge in [-0.2, -0.15) is 0 Å². The van der Waals surface area contributed by atoms with Gasteiger partial charge in [0.05, 0.1) is 0 Å². The summed E-state index contributed by atoms with van der Waals surface area (Å²) in [6.45, 7) is 2.22. The zero-order valence-electron chi connectivity index (χ0n) is 10.4. The van der Waals surface area contributed by atoms with E-state index in [9.17, 15) is 0 Å². The van der Waals surface area contributed by atoms with Crippen molar-refractivity contribution in [3.63, 3.8) is 0 Å². The number of rotatable bonds is 4. The third-order valence-corrected chi connectivity index (χ3v) is 4.60. The summed E-state index contributed by atoms with van der Waals surface area (Å²) in [5.41, 5.74) is 1.36. The van der Waals surface area contributed by atoms with Crippen LogP contribution in [0.4, 0.5) is 0 Å². The highest BCUT2D eigenvalue weighted by molar-refractivity contribution is 7.13. The Morgan fingerprint density at radius 3 is 2.00 bits per heavy atom. The molecule has 1 nitrogen and oxygen atoms in total.